The zero-order valence-electron chi connectivity index (χ0n) is 11.3. The summed E-state index contributed by atoms with van der Waals surface area (Å²) in [6, 6.07) is 3.95. The molecule has 0 atom stereocenters. The number of nitrogens with two attached hydrogens (primary N) is 1. The van der Waals surface area contributed by atoms with Crippen molar-refractivity contribution in [3.05, 3.63) is 29.6 Å². The third kappa shape index (κ3) is 6.78. The van der Waals surface area contributed by atoms with Crippen molar-refractivity contribution in [2.45, 2.75) is 33.7 Å². The van der Waals surface area contributed by atoms with E-state index in [4.69, 9.17) is 5.73 Å². The van der Waals surface area contributed by atoms with E-state index in [-0.39, 0.29) is 24.0 Å². The summed E-state index contributed by atoms with van der Waals surface area (Å²) in [5, 5.41) is 3.10. The fourth-order valence-corrected chi connectivity index (χ4v) is 1.39. The lowest BCUT2D eigenvalue weighted by Gasteiger charge is -2.07. The molecule has 0 aromatic carbocycles. The lowest BCUT2D eigenvalue weighted by molar-refractivity contribution is 0.576. The van der Waals surface area contributed by atoms with Gasteiger partial charge in [-0.2, -0.15) is 0 Å². The Labute approximate surface area is 126 Å². The number of rotatable bonds is 5. The first-order valence-electron chi connectivity index (χ1n) is 6.04. The number of aromatic nitrogens is 1. The van der Waals surface area contributed by atoms with Gasteiger partial charge in [-0.1, -0.05) is 19.9 Å². The van der Waals surface area contributed by atoms with Crippen LogP contribution < -0.4 is 11.1 Å². The third-order valence-corrected chi connectivity index (χ3v) is 2.54. The maximum Gasteiger partial charge on any atom is 0.188 e. The molecule has 1 rings (SSSR count). The van der Waals surface area contributed by atoms with Crippen molar-refractivity contribution in [3.63, 3.8) is 0 Å². The van der Waals surface area contributed by atoms with Crippen LogP contribution in [-0.4, -0.2) is 17.5 Å². The topological polar surface area (TPSA) is 63.3 Å². The lowest BCUT2D eigenvalue weighted by Crippen LogP contribution is -2.32. The lowest BCUT2D eigenvalue weighted by atomic mass is 10.1. The van der Waals surface area contributed by atoms with Gasteiger partial charge in [-0.25, -0.2) is 4.99 Å². The summed E-state index contributed by atoms with van der Waals surface area (Å²) in [4.78, 5) is 8.54. The molecule has 0 bridgehead atoms. The largest absolute Gasteiger partial charge is 0.370 e. The van der Waals surface area contributed by atoms with Gasteiger partial charge in [-0.3, -0.25) is 4.98 Å². The number of nitrogens with one attached hydrogen (secondary N) is 1. The van der Waals surface area contributed by atoms with Gasteiger partial charge in [0.05, 0.1) is 12.2 Å². The second-order valence-electron chi connectivity index (χ2n) is 4.58. The zero-order chi connectivity index (χ0) is 12.7. The highest BCUT2D eigenvalue weighted by molar-refractivity contribution is 14.0. The Balaban J connectivity index is 0.00000289. The van der Waals surface area contributed by atoms with Crippen LogP contribution in [0.4, 0.5) is 0 Å². The van der Waals surface area contributed by atoms with E-state index in [0.29, 0.717) is 18.4 Å². The van der Waals surface area contributed by atoms with Crippen LogP contribution in [0.5, 0.6) is 0 Å². The first-order chi connectivity index (χ1) is 8.09. The summed E-state index contributed by atoms with van der Waals surface area (Å²) < 4.78 is 0. The molecule has 0 aliphatic rings. The number of aryl methyl sites for hydroxylation is 1. The smallest absolute Gasteiger partial charge is 0.188 e. The van der Waals surface area contributed by atoms with Crippen LogP contribution in [-0.2, 0) is 6.54 Å². The minimum Gasteiger partial charge on any atom is -0.370 e. The zero-order valence-corrected chi connectivity index (χ0v) is 13.6. The third-order valence-electron chi connectivity index (χ3n) is 2.54. The van der Waals surface area contributed by atoms with E-state index in [2.05, 4.69) is 29.1 Å². The van der Waals surface area contributed by atoms with Gasteiger partial charge in [0.15, 0.2) is 5.96 Å². The van der Waals surface area contributed by atoms with E-state index >= 15 is 0 Å². The standard InChI is InChI=1S/C13H22N4.HI/c1-10(2)6-8-16-13(14)17-9-12-11(3)5-4-7-15-12;/h4-5,7,10H,6,8-9H2,1-3H3,(H3,14,16,17);1H. The van der Waals surface area contributed by atoms with Crippen molar-refractivity contribution in [3.8, 4) is 0 Å². The Morgan fingerprint density at radius 2 is 2.22 bits per heavy atom. The van der Waals surface area contributed by atoms with Crippen LogP contribution >= 0.6 is 24.0 Å². The van der Waals surface area contributed by atoms with Gasteiger partial charge < -0.3 is 11.1 Å². The van der Waals surface area contributed by atoms with Crippen LogP contribution in [0.15, 0.2) is 23.3 Å². The van der Waals surface area contributed by atoms with Gasteiger partial charge in [-0.15, -0.1) is 24.0 Å². The van der Waals surface area contributed by atoms with Crippen LogP contribution in [0.3, 0.4) is 0 Å². The number of nitrogens with zero attached hydrogens (tertiary/aromatic N) is 2. The Morgan fingerprint density at radius 1 is 1.50 bits per heavy atom. The van der Waals surface area contributed by atoms with Crippen molar-refractivity contribution in [2.75, 3.05) is 6.54 Å². The first-order valence-corrected chi connectivity index (χ1v) is 6.04. The van der Waals surface area contributed by atoms with E-state index in [0.717, 1.165) is 24.2 Å². The van der Waals surface area contributed by atoms with E-state index < -0.39 is 0 Å². The predicted molar refractivity (Wildman–Crippen MR) is 87.2 cm³/mol. The van der Waals surface area contributed by atoms with E-state index in [1.54, 1.807) is 6.20 Å². The molecule has 0 unspecified atom stereocenters. The maximum absolute atomic E-state index is 5.77. The van der Waals surface area contributed by atoms with E-state index in [1.165, 1.54) is 0 Å². The highest BCUT2D eigenvalue weighted by Gasteiger charge is 1.98. The summed E-state index contributed by atoms with van der Waals surface area (Å²) in [6.45, 7) is 7.81. The molecule has 0 aliphatic carbocycles. The summed E-state index contributed by atoms with van der Waals surface area (Å²) >= 11 is 0. The molecule has 1 aromatic heterocycles. The molecule has 0 spiro atoms. The molecule has 18 heavy (non-hydrogen) atoms. The van der Waals surface area contributed by atoms with Gasteiger partial charge >= 0.3 is 0 Å². The van der Waals surface area contributed by atoms with Gasteiger partial charge in [0.2, 0.25) is 0 Å². The second kappa shape index (κ2) is 9.13. The minimum atomic E-state index is 0. The predicted octanol–water partition coefficient (Wildman–Crippen LogP) is 2.46. The molecular formula is C13H23IN4. The Hall–Kier alpha value is -0.850. The van der Waals surface area contributed by atoms with E-state index in [9.17, 15) is 0 Å². The van der Waals surface area contributed by atoms with Gasteiger partial charge in [0.25, 0.3) is 0 Å². The maximum atomic E-state index is 5.77. The molecule has 0 fully saturated rings. The number of aliphatic imine (C=N–C) groups is 1. The van der Waals surface area contributed by atoms with Crippen molar-refractivity contribution < 1.29 is 0 Å². The molecule has 1 heterocycles. The van der Waals surface area contributed by atoms with Gasteiger partial charge in [-0.05, 0) is 30.9 Å². The van der Waals surface area contributed by atoms with Crippen LogP contribution in [0.2, 0.25) is 0 Å². The number of guanidine groups is 1. The molecule has 0 aliphatic heterocycles. The second-order valence-corrected chi connectivity index (χ2v) is 4.58. The number of halogens is 1. The fraction of sp³-hybridized carbons (Fsp3) is 0.538. The summed E-state index contributed by atoms with van der Waals surface area (Å²) in [7, 11) is 0. The van der Waals surface area contributed by atoms with Crippen molar-refractivity contribution >= 4 is 29.9 Å². The van der Waals surface area contributed by atoms with Crippen LogP contribution in [0, 0.1) is 12.8 Å². The molecule has 4 nitrogen and oxygen atoms in total. The van der Waals surface area contributed by atoms with Crippen molar-refractivity contribution in [1.82, 2.24) is 10.3 Å². The molecule has 0 radical (unpaired) electrons. The molecular weight excluding hydrogens is 339 g/mol. The first kappa shape index (κ1) is 17.2. The van der Waals surface area contributed by atoms with E-state index in [1.807, 2.05) is 19.1 Å². The number of hydrogen-bond acceptors (Lipinski definition) is 2. The Kier molecular flexibility index (Phi) is 8.70. The molecule has 5 heteroatoms. The number of hydrogen-bond donors (Lipinski definition) is 2. The normalized spacial score (nSPS) is 11.2. The molecule has 102 valence electrons. The Morgan fingerprint density at radius 3 is 2.83 bits per heavy atom. The molecule has 3 N–H and O–H groups in total. The van der Waals surface area contributed by atoms with Gasteiger partial charge in [0, 0.05) is 12.7 Å². The van der Waals surface area contributed by atoms with Gasteiger partial charge in [0.1, 0.15) is 0 Å². The van der Waals surface area contributed by atoms with Crippen LogP contribution in [0.1, 0.15) is 31.5 Å². The fourth-order valence-electron chi connectivity index (χ4n) is 1.39. The molecule has 0 saturated heterocycles. The quantitative estimate of drug-likeness (QED) is 0.481. The number of pyridine rings is 1. The summed E-state index contributed by atoms with van der Waals surface area (Å²) in [6.07, 6.45) is 2.87. The average Bonchev–Trinajstić information content (AvgIpc) is 2.27. The molecule has 1 aromatic rings. The minimum absolute atomic E-state index is 0. The molecule has 0 saturated carbocycles. The van der Waals surface area contributed by atoms with Crippen molar-refractivity contribution in [1.29, 1.82) is 0 Å². The highest BCUT2D eigenvalue weighted by atomic mass is 127. The summed E-state index contributed by atoms with van der Waals surface area (Å²) in [5.74, 6) is 1.17. The monoisotopic (exact) mass is 362 g/mol. The molecule has 0 amide bonds. The Bertz CT molecular complexity index is 377. The van der Waals surface area contributed by atoms with Crippen LogP contribution in [0.25, 0.3) is 0 Å². The highest BCUT2D eigenvalue weighted by Crippen LogP contribution is 2.04. The average molecular weight is 362 g/mol. The van der Waals surface area contributed by atoms with Crippen molar-refractivity contribution in [2.24, 2.45) is 16.6 Å². The summed E-state index contributed by atoms with van der Waals surface area (Å²) in [5.41, 5.74) is 7.89. The SMILES string of the molecule is Cc1cccnc1CN=C(N)NCCC(C)C.I.